The zero-order valence-electron chi connectivity index (χ0n) is 17.3. The van der Waals surface area contributed by atoms with Crippen LogP contribution in [0.3, 0.4) is 0 Å². The van der Waals surface area contributed by atoms with Crippen molar-refractivity contribution < 1.29 is 18.4 Å². The second-order valence-corrected chi connectivity index (χ2v) is 9.18. The van der Waals surface area contributed by atoms with Gasteiger partial charge in [0.15, 0.2) is 0 Å². The number of hydrogen-bond donors (Lipinski definition) is 2. The Morgan fingerprint density at radius 1 is 1.06 bits per heavy atom. The molecule has 164 valence electrons. The smallest absolute Gasteiger partial charge is 0.237 e. The fourth-order valence-electron chi connectivity index (χ4n) is 5.55. The lowest BCUT2D eigenvalue weighted by Gasteiger charge is -2.49. The van der Waals surface area contributed by atoms with Crippen LogP contribution in [0.4, 0.5) is 14.5 Å². The van der Waals surface area contributed by atoms with E-state index in [1.54, 1.807) is 19.1 Å². The summed E-state index contributed by atoms with van der Waals surface area (Å²) >= 11 is 6.32. The first-order valence-corrected chi connectivity index (χ1v) is 10.9. The molecule has 0 saturated carbocycles. The van der Waals surface area contributed by atoms with Crippen molar-refractivity contribution in [1.82, 2.24) is 5.32 Å². The maximum Gasteiger partial charge on any atom is 0.237 e. The summed E-state index contributed by atoms with van der Waals surface area (Å²) < 4.78 is 28.8. The summed E-state index contributed by atoms with van der Waals surface area (Å²) in [5.74, 6) is -2.27. The molecule has 32 heavy (non-hydrogen) atoms. The highest BCUT2D eigenvalue weighted by Crippen LogP contribution is 2.57. The number of piperidine rings is 1. The van der Waals surface area contributed by atoms with Crippen molar-refractivity contribution in [3.05, 3.63) is 88.0 Å². The number of halogens is 3. The largest absolute Gasteiger partial charge is 0.348 e. The first-order valence-electron chi connectivity index (χ1n) is 10.5. The third-order valence-electron chi connectivity index (χ3n) is 6.94. The number of allylic oxidation sites excluding steroid dienone is 4. The Kier molecular flexibility index (Phi) is 4.93. The molecule has 7 heteroatoms. The Labute approximate surface area is 189 Å². The van der Waals surface area contributed by atoms with Crippen LogP contribution in [0.15, 0.2) is 59.7 Å². The monoisotopic (exact) mass is 454 g/mol. The lowest BCUT2D eigenvalue weighted by atomic mass is 9.56. The first kappa shape index (κ1) is 20.9. The first-order chi connectivity index (χ1) is 15.3. The summed E-state index contributed by atoms with van der Waals surface area (Å²) in [7, 11) is 0. The standard InChI is InChI=1S/C25H21ClF2N2O2/c1-13-5-6-16(27)10-18(13)23-25(20-11-17(28)7-8-21(20)29-24(25)32)19(12-22(31)30-23)14-3-2-4-15(26)9-14/h2-8,10-11,14,19,23H,9,12H2,1H3,(H,29,32)(H,30,31)/t14?,19-,23+,25+/m0/s1. The average molecular weight is 455 g/mol. The Bertz CT molecular complexity index is 1210. The van der Waals surface area contributed by atoms with Gasteiger partial charge in [-0.05, 0) is 78.3 Å². The van der Waals surface area contributed by atoms with Crippen molar-refractivity contribution in [3.63, 3.8) is 0 Å². The van der Waals surface area contributed by atoms with Crippen LogP contribution in [0.5, 0.6) is 0 Å². The Morgan fingerprint density at radius 2 is 1.81 bits per heavy atom. The van der Waals surface area contributed by atoms with Gasteiger partial charge in [-0.1, -0.05) is 29.8 Å². The normalized spacial score (nSPS) is 28.9. The van der Waals surface area contributed by atoms with Crippen LogP contribution in [-0.2, 0) is 15.0 Å². The highest BCUT2D eigenvalue weighted by atomic mass is 35.5. The van der Waals surface area contributed by atoms with Gasteiger partial charge in [0.05, 0.1) is 6.04 Å². The van der Waals surface area contributed by atoms with Crippen molar-refractivity contribution in [1.29, 1.82) is 0 Å². The number of fused-ring (bicyclic) bond motifs is 2. The summed E-state index contributed by atoms with van der Waals surface area (Å²) in [5, 5.41) is 6.46. The number of hydrogen-bond acceptors (Lipinski definition) is 2. The van der Waals surface area contributed by atoms with Crippen LogP contribution in [-0.4, -0.2) is 11.8 Å². The number of benzene rings is 2. The number of amides is 2. The van der Waals surface area contributed by atoms with Gasteiger partial charge >= 0.3 is 0 Å². The molecule has 4 nitrogen and oxygen atoms in total. The molecule has 2 N–H and O–H groups in total. The van der Waals surface area contributed by atoms with Crippen LogP contribution in [0, 0.1) is 30.4 Å². The number of nitrogens with one attached hydrogen (secondary N) is 2. The third kappa shape index (κ3) is 3.08. The third-order valence-corrected chi connectivity index (χ3v) is 7.22. The molecule has 2 heterocycles. The molecule has 0 radical (unpaired) electrons. The molecule has 1 spiro atoms. The van der Waals surface area contributed by atoms with Crippen LogP contribution in [0.2, 0.25) is 0 Å². The van der Waals surface area contributed by atoms with Crippen molar-refractivity contribution in [2.45, 2.75) is 31.2 Å². The van der Waals surface area contributed by atoms with Gasteiger partial charge in [-0.3, -0.25) is 9.59 Å². The van der Waals surface area contributed by atoms with Crippen molar-refractivity contribution in [2.75, 3.05) is 5.32 Å². The van der Waals surface area contributed by atoms with Crippen molar-refractivity contribution in [3.8, 4) is 0 Å². The van der Waals surface area contributed by atoms with Gasteiger partial charge in [-0.15, -0.1) is 0 Å². The van der Waals surface area contributed by atoms with Gasteiger partial charge in [-0.2, -0.15) is 0 Å². The molecule has 1 unspecified atom stereocenters. The highest BCUT2D eigenvalue weighted by molar-refractivity contribution is 6.29. The molecule has 4 atom stereocenters. The summed E-state index contributed by atoms with van der Waals surface area (Å²) in [6.07, 6.45) is 6.07. The van der Waals surface area contributed by atoms with E-state index in [1.807, 2.05) is 12.2 Å². The number of carbonyl (C=O) groups is 2. The van der Waals surface area contributed by atoms with Crippen LogP contribution < -0.4 is 10.6 Å². The van der Waals surface area contributed by atoms with E-state index in [0.717, 1.165) is 5.56 Å². The maximum atomic E-state index is 14.5. The van der Waals surface area contributed by atoms with Crippen LogP contribution >= 0.6 is 11.6 Å². The highest BCUT2D eigenvalue weighted by Gasteiger charge is 2.62. The SMILES string of the molecule is Cc1ccc(F)cc1[C@H]1NC(=O)C[C@@H](C2C=CC=C(Cl)C2)[C@]12C(=O)Nc1ccc(F)cc12. The van der Waals surface area contributed by atoms with E-state index in [0.29, 0.717) is 28.3 Å². The van der Waals surface area contributed by atoms with E-state index in [1.165, 1.54) is 30.3 Å². The molecule has 0 bridgehead atoms. The Hall–Kier alpha value is -2.99. The maximum absolute atomic E-state index is 14.5. The molecular weight excluding hydrogens is 434 g/mol. The quantitative estimate of drug-likeness (QED) is 0.668. The molecule has 5 rings (SSSR count). The molecule has 1 aliphatic carbocycles. The van der Waals surface area contributed by atoms with Gasteiger partial charge in [0.25, 0.3) is 0 Å². The molecule has 1 saturated heterocycles. The minimum Gasteiger partial charge on any atom is -0.348 e. The van der Waals surface area contributed by atoms with E-state index in [4.69, 9.17) is 11.6 Å². The molecule has 2 aliphatic heterocycles. The fourth-order valence-corrected chi connectivity index (χ4v) is 5.80. The van der Waals surface area contributed by atoms with Gasteiger partial charge in [0, 0.05) is 17.1 Å². The van der Waals surface area contributed by atoms with E-state index < -0.39 is 29.0 Å². The molecule has 3 aliphatic rings. The number of carbonyl (C=O) groups excluding carboxylic acids is 2. The van der Waals surface area contributed by atoms with E-state index >= 15 is 0 Å². The Morgan fingerprint density at radius 3 is 2.59 bits per heavy atom. The summed E-state index contributed by atoms with van der Waals surface area (Å²) in [6, 6.07) is 7.60. The summed E-state index contributed by atoms with van der Waals surface area (Å²) in [6.45, 7) is 1.80. The minimum absolute atomic E-state index is 0.0629. The zero-order chi connectivity index (χ0) is 22.6. The van der Waals surface area contributed by atoms with Gasteiger partial charge in [0.2, 0.25) is 11.8 Å². The molecular formula is C25H21ClF2N2O2. The van der Waals surface area contributed by atoms with Gasteiger partial charge in [0.1, 0.15) is 17.0 Å². The van der Waals surface area contributed by atoms with Gasteiger partial charge < -0.3 is 10.6 Å². The predicted molar refractivity (Wildman–Crippen MR) is 118 cm³/mol. The molecule has 2 aromatic carbocycles. The lowest BCUT2D eigenvalue weighted by Crippen LogP contribution is -2.59. The van der Waals surface area contributed by atoms with E-state index in [9.17, 15) is 18.4 Å². The van der Waals surface area contributed by atoms with E-state index in [-0.39, 0.29) is 24.2 Å². The number of anilines is 1. The van der Waals surface area contributed by atoms with Crippen molar-refractivity contribution >= 4 is 29.1 Å². The molecule has 1 fully saturated rings. The van der Waals surface area contributed by atoms with Crippen LogP contribution in [0.25, 0.3) is 0 Å². The molecule has 0 aromatic heterocycles. The fraction of sp³-hybridized carbons (Fsp3) is 0.280. The van der Waals surface area contributed by atoms with Gasteiger partial charge in [-0.25, -0.2) is 8.78 Å². The second kappa shape index (κ2) is 7.55. The van der Waals surface area contributed by atoms with E-state index in [2.05, 4.69) is 10.6 Å². The summed E-state index contributed by atoms with van der Waals surface area (Å²) in [5.41, 5.74) is 0.870. The Balaban J connectivity index is 1.79. The average Bonchev–Trinajstić information content (AvgIpc) is 3.03. The minimum atomic E-state index is -1.33. The second-order valence-electron chi connectivity index (χ2n) is 8.69. The summed E-state index contributed by atoms with van der Waals surface area (Å²) in [4.78, 5) is 26.7. The van der Waals surface area contributed by atoms with Crippen LogP contribution in [0.1, 0.15) is 35.6 Å². The topological polar surface area (TPSA) is 58.2 Å². The number of rotatable bonds is 2. The number of aryl methyl sites for hydroxylation is 1. The molecule has 2 aromatic rings. The lowest BCUT2D eigenvalue weighted by molar-refractivity contribution is -0.135. The zero-order valence-corrected chi connectivity index (χ0v) is 18.0. The molecule has 2 amide bonds. The predicted octanol–water partition coefficient (Wildman–Crippen LogP) is 5.04. The van der Waals surface area contributed by atoms with Crippen molar-refractivity contribution in [2.24, 2.45) is 11.8 Å².